The van der Waals surface area contributed by atoms with Crippen LogP contribution < -0.4 is 5.32 Å². The van der Waals surface area contributed by atoms with Crippen LogP contribution in [0.5, 0.6) is 0 Å². The van der Waals surface area contributed by atoms with Gasteiger partial charge in [0.1, 0.15) is 6.10 Å². The number of aliphatic hydroxyl groups is 3. The van der Waals surface area contributed by atoms with Gasteiger partial charge >= 0.3 is 0 Å². The molecule has 0 spiro atoms. The van der Waals surface area contributed by atoms with E-state index in [0.29, 0.717) is 6.42 Å². The molecular weight excluding hydrogens is 570 g/mol. The fourth-order valence-electron chi connectivity index (χ4n) is 6.08. The number of allylic oxidation sites excluding steroid dienone is 3. The summed E-state index contributed by atoms with van der Waals surface area (Å²) < 4.78 is 0. The summed E-state index contributed by atoms with van der Waals surface area (Å²) in [6, 6.07) is -0.809. The minimum Gasteiger partial charge on any atom is -0.394 e. The number of unbranched alkanes of at least 4 members (excludes halogenated alkanes) is 26. The molecule has 0 saturated heterocycles. The van der Waals surface area contributed by atoms with E-state index in [2.05, 4.69) is 31.3 Å². The summed E-state index contributed by atoms with van der Waals surface area (Å²) >= 11 is 0. The zero-order valence-corrected chi connectivity index (χ0v) is 30.7. The Morgan fingerprint density at radius 1 is 0.522 bits per heavy atom. The van der Waals surface area contributed by atoms with Crippen molar-refractivity contribution in [2.75, 3.05) is 6.61 Å². The number of rotatable bonds is 36. The molecule has 1 amide bonds. The van der Waals surface area contributed by atoms with Gasteiger partial charge in [0.2, 0.25) is 5.91 Å². The van der Waals surface area contributed by atoms with Gasteiger partial charge in [0, 0.05) is 0 Å². The van der Waals surface area contributed by atoms with Crippen molar-refractivity contribution in [3.63, 3.8) is 0 Å². The summed E-state index contributed by atoms with van der Waals surface area (Å²) in [5, 5.41) is 33.0. The number of hydrogen-bond donors (Lipinski definition) is 4. The van der Waals surface area contributed by atoms with E-state index in [4.69, 9.17) is 0 Å². The highest BCUT2D eigenvalue weighted by molar-refractivity contribution is 5.80. The molecule has 0 aliphatic heterocycles. The van der Waals surface area contributed by atoms with Crippen molar-refractivity contribution >= 4 is 5.91 Å². The third-order valence-electron chi connectivity index (χ3n) is 9.29. The van der Waals surface area contributed by atoms with Crippen molar-refractivity contribution in [3.05, 3.63) is 24.3 Å². The van der Waals surface area contributed by atoms with Crippen molar-refractivity contribution in [1.29, 1.82) is 0 Å². The second kappa shape index (κ2) is 36.7. The lowest BCUT2D eigenvalue weighted by Crippen LogP contribution is -2.48. The molecule has 0 fully saturated rings. The Balaban J connectivity index is 3.72. The first kappa shape index (κ1) is 44.8. The van der Waals surface area contributed by atoms with Crippen LogP contribution in [0.2, 0.25) is 0 Å². The largest absolute Gasteiger partial charge is 0.394 e. The summed E-state index contributed by atoms with van der Waals surface area (Å²) in [5.74, 6) is -0.512. The first-order chi connectivity index (χ1) is 22.6. The zero-order valence-electron chi connectivity index (χ0n) is 30.7. The Morgan fingerprint density at radius 3 is 1.33 bits per heavy atom. The quantitative estimate of drug-likeness (QED) is 0.0401. The van der Waals surface area contributed by atoms with Crippen LogP contribution in [0.15, 0.2) is 24.3 Å². The molecule has 5 nitrogen and oxygen atoms in total. The van der Waals surface area contributed by atoms with Gasteiger partial charge < -0.3 is 20.6 Å². The molecule has 0 aliphatic carbocycles. The number of carbonyl (C=O) groups is 1. The zero-order chi connectivity index (χ0) is 33.8. The van der Waals surface area contributed by atoms with Gasteiger partial charge in [-0.1, -0.05) is 199 Å². The summed E-state index contributed by atoms with van der Waals surface area (Å²) in [6.07, 6.45) is 43.4. The van der Waals surface area contributed by atoms with E-state index in [1.165, 1.54) is 148 Å². The molecule has 0 bridgehead atoms. The van der Waals surface area contributed by atoms with E-state index in [9.17, 15) is 20.1 Å². The number of hydrogen-bond acceptors (Lipinski definition) is 4. The molecule has 0 aromatic rings. The Morgan fingerprint density at radius 2 is 0.891 bits per heavy atom. The molecule has 3 atom stereocenters. The third kappa shape index (κ3) is 31.4. The van der Waals surface area contributed by atoms with E-state index in [1.807, 2.05) is 6.08 Å². The second-order valence-corrected chi connectivity index (χ2v) is 13.8. The predicted molar refractivity (Wildman–Crippen MR) is 199 cm³/mol. The lowest BCUT2D eigenvalue weighted by atomic mass is 10.0. The average molecular weight is 650 g/mol. The van der Waals surface area contributed by atoms with E-state index in [-0.39, 0.29) is 6.61 Å². The lowest BCUT2D eigenvalue weighted by molar-refractivity contribution is -0.131. The Kier molecular flexibility index (Phi) is 35.7. The number of nitrogens with one attached hydrogen (secondary N) is 1. The van der Waals surface area contributed by atoms with Gasteiger partial charge in [-0.2, -0.15) is 0 Å². The molecule has 0 aliphatic rings. The molecule has 0 rings (SSSR count). The average Bonchev–Trinajstić information content (AvgIpc) is 3.06. The first-order valence-corrected chi connectivity index (χ1v) is 20.2. The highest BCUT2D eigenvalue weighted by Crippen LogP contribution is 2.15. The normalized spacial score (nSPS) is 13.9. The molecule has 0 heterocycles. The maximum atomic E-state index is 12.4. The third-order valence-corrected chi connectivity index (χ3v) is 9.29. The number of amides is 1. The SMILES string of the molecule is CCCCCCCCCC/C=C/CC/C=C/C(O)C(CO)NC(=O)C(O)CCCCCCCCCCCCCCCCCCCC. The number of carbonyl (C=O) groups excluding carboxylic acids is 1. The fourth-order valence-corrected chi connectivity index (χ4v) is 6.08. The molecular formula is C41H79NO4. The Hall–Kier alpha value is -1.17. The highest BCUT2D eigenvalue weighted by Gasteiger charge is 2.22. The van der Waals surface area contributed by atoms with E-state index >= 15 is 0 Å². The molecule has 0 aromatic heterocycles. The molecule has 5 heteroatoms. The second-order valence-electron chi connectivity index (χ2n) is 13.8. The van der Waals surface area contributed by atoms with Gasteiger partial charge in [-0.05, 0) is 32.1 Å². The lowest BCUT2D eigenvalue weighted by Gasteiger charge is -2.21. The van der Waals surface area contributed by atoms with Crippen molar-refractivity contribution in [3.8, 4) is 0 Å². The van der Waals surface area contributed by atoms with Crippen LogP contribution in [0, 0.1) is 0 Å². The Bertz CT molecular complexity index is 679. The van der Waals surface area contributed by atoms with Crippen LogP contribution in [0.25, 0.3) is 0 Å². The highest BCUT2D eigenvalue weighted by atomic mass is 16.3. The topological polar surface area (TPSA) is 89.8 Å². The van der Waals surface area contributed by atoms with Crippen molar-refractivity contribution in [1.82, 2.24) is 5.32 Å². The van der Waals surface area contributed by atoms with Gasteiger partial charge in [-0.15, -0.1) is 0 Å². The van der Waals surface area contributed by atoms with Crippen LogP contribution in [-0.4, -0.2) is 46.1 Å². The van der Waals surface area contributed by atoms with Crippen molar-refractivity contribution < 1.29 is 20.1 Å². The van der Waals surface area contributed by atoms with Crippen molar-refractivity contribution in [2.45, 2.75) is 225 Å². The van der Waals surface area contributed by atoms with E-state index in [0.717, 1.165) is 38.5 Å². The van der Waals surface area contributed by atoms with Gasteiger partial charge in [0.05, 0.1) is 18.8 Å². The van der Waals surface area contributed by atoms with Gasteiger partial charge in [0.15, 0.2) is 0 Å². The molecule has 0 radical (unpaired) electrons. The summed E-state index contributed by atoms with van der Waals surface area (Å²) in [6.45, 7) is 4.16. The van der Waals surface area contributed by atoms with Gasteiger partial charge in [0.25, 0.3) is 0 Å². The number of aliphatic hydroxyl groups excluding tert-OH is 3. The molecule has 0 saturated carbocycles. The molecule has 0 aromatic carbocycles. The minimum absolute atomic E-state index is 0.373. The van der Waals surface area contributed by atoms with Crippen molar-refractivity contribution in [2.24, 2.45) is 0 Å². The monoisotopic (exact) mass is 650 g/mol. The summed E-state index contributed by atoms with van der Waals surface area (Å²) in [7, 11) is 0. The van der Waals surface area contributed by atoms with Crippen LogP contribution in [0.1, 0.15) is 206 Å². The molecule has 4 N–H and O–H groups in total. The standard InChI is InChI=1S/C41H79NO4/c1-3-5-7-9-11-13-15-17-19-20-21-22-24-26-28-30-32-34-36-40(45)41(46)42-38(37-43)39(44)35-33-31-29-27-25-23-18-16-14-12-10-8-6-4-2/h25,27,33,35,38-40,43-45H,3-24,26,28-32,34,36-37H2,1-2H3,(H,42,46)/b27-25+,35-33+. The van der Waals surface area contributed by atoms with E-state index in [1.54, 1.807) is 6.08 Å². The Labute approximate surface area is 286 Å². The predicted octanol–water partition coefficient (Wildman–Crippen LogP) is 11.0. The smallest absolute Gasteiger partial charge is 0.249 e. The molecule has 46 heavy (non-hydrogen) atoms. The van der Waals surface area contributed by atoms with Crippen LogP contribution in [-0.2, 0) is 4.79 Å². The first-order valence-electron chi connectivity index (χ1n) is 20.2. The molecule has 3 unspecified atom stereocenters. The maximum absolute atomic E-state index is 12.4. The summed E-state index contributed by atoms with van der Waals surface area (Å²) in [4.78, 5) is 12.4. The maximum Gasteiger partial charge on any atom is 0.249 e. The molecule has 272 valence electrons. The van der Waals surface area contributed by atoms with Gasteiger partial charge in [-0.3, -0.25) is 4.79 Å². The van der Waals surface area contributed by atoms with Crippen LogP contribution >= 0.6 is 0 Å². The van der Waals surface area contributed by atoms with Gasteiger partial charge in [-0.25, -0.2) is 0 Å². The minimum atomic E-state index is -1.10. The van der Waals surface area contributed by atoms with Crippen LogP contribution in [0.3, 0.4) is 0 Å². The van der Waals surface area contributed by atoms with Crippen LogP contribution in [0.4, 0.5) is 0 Å². The van der Waals surface area contributed by atoms with E-state index < -0.39 is 24.2 Å². The summed E-state index contributed by atoms with van der Waals surface area (Å²) in [5.41, 5.74) is 0. The fraction of sp³-hybridized carbons (Fsp3) is 0.878.